The number of aromatic nitrogens is 2. The van der Waals surface area contributed by atoms with Crippen LogP contribution in [0.25, 0.3) is 0 Å². The van der Waals surface area contributed by atoms with E-state index in [2.05, 4.69) is 9.97 Å². The zero-order chi connectivity index (χ0) is 9.14. The van der Waals surface area contributed by atoms with Gasteiger partial charge >= 0.3 is 0 Å². The maximum atomic E-state index is 5.90. The fraction of sp³-hybridized carbons (Fsp3) is 0.500. The summed E-state index contributed by atoms with van der Waals surface area (Å²) in [6, 6.07) is 0. The van der Waals surface area contributed by atoms with Crippen molar-refractivity contribution >= 4 is 23.2 Å². The maximum Gasteiger partial charge on any atom is 0.136 e. The highest BCUT2D eigenvalue weighted by Crippen LogP contribution is 2.16. The molecule has 0 aromatic carbocycles. The van der Waals surface area contributed by atoms with Crippen LogP contribution in [0.1, 0.15) is 17.1 Å². The van der Waals surface area contributed by atoms with Gasteiger partial charge in [-0.25, -0.2) is 9.97 Å². The molecule has 1 aromatic rings. The molecule has 66 valence electrons. The molecule has 0 N–H and O–H groups in total. The molecule has 4 heteroatoms. The minimum absolute atomic E-state index is 0.528. The SMILES string of the molecule is Cc1nc(C)c(CCCl)c(Cl)n1. The number of hydrogen-bond acceptors (Lipinski definition) is 2. The van der Waals surface area contributed by atoms with Crippen molar-refractivity contribution in [2.75, 3.05) is 5.88 Å². The second kappa shape index (κ2) is 4.06. The van der Waals surface area contributed by atoms with Crippen LogP contribution in [0.5, 0.6) is 0 Å². The number of nitrogens with zero attached hydrogens (tertiary/aromatic N) is 2. The summed E-state index contributed by atoms with van der Waals surface area (Å²) >= 11 is 11.5. The predicted octanol–water partition coefficient (Wildman–Crippen LogP) is 2.53. The first kappa shape index (κ1) is 9.75. The smallest absolute Gasteiger partial charge is 0.136 e. The third kappa shape index (κ3) is 2.08. The van der Waals surface area contributed by atoms with E-state index in [4.69, 9.17) is 23.2 Å². The number of rotatable bonds is 2. The molecule has 1 aromatic heterocycles. The van der Waals surface area contributed by atoms with Crippen molar-refractivity contribution < 1.29 is 0 Å². The predicted molar refractivity (Wildman–Crippen MR) is 50.9 cm³/mol. The van der Waals surface area contributed by atoms with Crippen LogP contribution in [0.4, 0.5) is 0 Å². The standard InChI is InChI=1S/C8H10Cl2N2/c1-5-7(3-4-9)8(10)12-6(2)11-5/h3-4H2,1-2H3. The summed E-state index contributed by atoms with van der Waals surface area (Å²) in [6.45, 7) is 3.74. The second-order valence-electron chi connectivity index (χ2n) is 2.56. The van der Waals surface area contributed by atoms with Crippen LogP contribution in [0.3, 0.4) is 0 Å². The number of aryl methyl sites for hydroxylation is 2. The van der Waals surface area contributed by atoms with Crippen molar-refractivity contribution in [2.45, 2.75) is 20.3 Å². The summed E-state index contributed by atoms with van der Waals surface area (Å²) in [6.07, 6.45) is 0.729. The normalized spacial score (nSPS) is 10.3. The highest BCUT2D eigenvalue weighted by atomic mass is 35.5. The van der Waals surface area contributed by atoms with E-state index >= 15 is 0 Å². The molecule has 0 unspecified atom stereocenters. The molecular weight excluding hydrogens is 195 g/mol. The van der Waals surface area contributed by atoms with Crippen molar-refractivity contribution in [3.8, 4) is 0 Å². The lowest BCUT2D eigenvalue weighted by atomic mass is 10.2. The molecule has 0 spiro atoms. The molecule has 0 saturated heterocycles. The highest BCUT2D eigenvalue weighted by Gasteiger charge is 2.06. The minimum atomic E-state index is 0.528. The first-order chi connectivity index (χ1) is 5.65. The van der Waals surface area contributed by atoms with E-state index in [-0.39, 0.29) is 0 Å². The maximum absolute atomic E-state index is 5.90. The Hall–Kier alpha value is -0.340. The molecule has 1 rings (SSSR count). The topological polar surface area (TPSA) is 25.8 Å². The van der Waals surface area contributed by atoms with Gasteiger partial charge in [0.2, 0.25) is 0 Å². The largest absolute Gasteiger partial charge is 0.238 e. The van der Waals surface area contributed by atoms with E-state index < -0.39 is 0 Å². The Balaban J connectivity index is 3.10. The van der Waals surface area contributed by atoms with E-state index in [1.807, 2.05) is 13.8 Å². The molecule has 12 heavy (non-hydrogen) atoms. The molecule has 0 aliphatic heterocycles. The molecule has 0 saturated carbocycles. The molecule has 0 fully saturated rings. The van der Waals surface area contributed by atoms with Gasteiger partial charge in [-0.1, -0.05) is 11.6 Å². The molecule has 0 amide bonds. The Bertz CT molecular complexity index is 263. The van der Waals surface area contributed by atoms with Gasteiger partial charge in [-0.15, -0.1) is 11.6 Å². The Labute approximate surface area is 81.9 Å². The fourth-order valence-corrected chi connectivity index (χ4v) is 1.62. The molecule has 2 nitrogen and oxygen atoms in total. The van der Waals surface area contributed by atoms with Crippen LogP contribution in [-0.4, -0.2) is 15.8 Å². The van der Waals surface area contributed by atoms with Gasteiger partial charge in [-0.3, -0.25) is 0 Å². The monoisotopic (exact) mass is 204 g/mol. The van der Waals surface area contributed by atoms with Gasteiger partial charge < -0.3 is 0 Å². The van der Waals surface area contributed by atoms with Crippen LogP contribution < -0.4 is 0 Å². The van der Waals surface area contributed by atoms with Gasteiger partial charge in [0, 0.05) is 17.1 Å². The number of alkyl halides is 1. The summed E-state index contributed by atoms with van der Waals surface area (Å²) in [5.41, 5.74) is 1.88. The summed E-state index contributed by atoms with van der Waals surface area (Å²) < 4.78 is 0. The first-order valence-corrected chi connectivity index (χ1v) is 4.62. The van der Waals surface area contributed by atoms with Crippen LogP contribution in [0.2, 0.25) is 5.15 Å². The number of hydrogen-bond donors (Lipinski definition) is 0. The minimum Gasteiger partial charge on any atom is -0.238 e. The molecule has 0 radical (unpaired) electrons. The lowest BCUT2D eigenvalue weighted by Crippen LogP contribution is -2.00. The van der Waals surface area contributed by atoms with E-state index in [9.17, 15) is 0 Å². The van der Waals surface area contributed by atoms with Crippen molar-refractivity contribution in [1.82, 2.24) is 9.97 Å². The molecule has 0 aliphatic carbocycles. The van der Waals surface area contributed by atoms with Gasteiger partial charge in [0.05, 0.1) is 0 Å². The highest BCUT2D eigenvalue weighted by molar-refractivity contribution is 6.30. The van der Waals surface area contributed by atoms with Crippen molar-refractivity contribution in [3.05, 3.63) is 22.2 Å². The van der Waals surface area contributed by atoms with E-state index in [1.165, 1.54) is 0 Å². The van der Waals surface area contributed by atoms with Crippen LogP contribution in [0.15, 0.2) is 0 Å². The third-order valence-corrected chi connectivity index (χ3v) is 2.12. The lowest BCUT2D eigenvalue weighted by Gasteiger charge is -2.05. The number of halogens is 2. The summed E-state index contributed by atoms with van der Waals surface area (Å²) in [5.74, 6) is 1.25. The second-order valence-corrected chi connectivity index (χ2v) is 3.30. The zero-order valence-electron chi connectivity index (χ0n) is 7.06. The Morgan fingerprint density at radius 1 is 1.25 bits per heavy atom. The Morgan fingerprint density at radius 2 is 1.92 bits per heavy atom. The Kier molecular flexibility index (Phi) is 3.29. The molecular formula is C8H10Cl2N2. The fourth-order valence-electron chi connectivity index (χ4n) is 1.07. The van der Waals surface area contributed by atoms with Gasteiger partial charge in [0.15, 0.2) is 0 Å². The van der Waals surface area contributed by atoms with Gasteiger partial charge in [-0.05, 0) is 20.3 Å². The van der Waals surface area contributed by atoms with E-state index in [0.29, 0.717) is 16.9 Å². The summed E-state index contributed by atoms with van der Waals surface area (Å²) in [7, 11) is 0. The summed E-state index contributed by atoms with van der Waals surface area (Å²) in [4.78, 5) is 8.25. The first-order valence-electron chi connectivity index (χ1n) is 3.70. The summed E-state index contributed by atoms with van der Waals surface area (Å²) in [5, 5.41) is 0.528. The quantitative estimate of drug-likeness (QED) is 0.547. The van der Waals surface area contributed by atoms with Gasteiger partial charge in [0.1, 0.15) is 11.0 Å². The van der Waals surface area contributed by atoms with Crippen molar-refractivity contribution in [1.29, 1.82) is 0 Å². The molecule has 1 heterocycles. The van der Waals surface area contributed by atoms with Crippen LogP contribution >= 0.6 is 23.2 Å². The van der Waals surface area contributed by atoms with Crippen molar-refractivity contribution in [3.63, 3.8) is 0 Å². The van der Waals surface area contributed by atoms with E-state index in [1.54, 1.807) is 0 Å². The van der Waals surface area contributed by atoms with Crippen LogP contribution in [0, 0.1) is 13.8 Å². The lowest BCUT2D eigenvalue weighted by molar-refractivity contribution is 0.950. The van der Waals surface area contributed by atoms with Crippen LogP contribution in [-0.2, 0) is 6.42 Å². The van der Waals surface area contributed by atoms with Crippen molar-refractivity contribution in [2.24, 2.45) is 0 Å². The Morgan fingerprint density at radius 3 is 2.42 bits per heavy atom. The van der Waals surface area contributed by atoms with Gasteiger partial charge in [0.25, 0.3) is 0 Å². The van der Waals surface area contributed by atoms with Gasteiger partial charge in [-0.2, -0.15) is 0 Å². The van der Waals surface area contributed by atoms with E-state index in [0.717, 1.165) is 17.7 Å². The molecule has 0 aliphatic rings. The molecule has 0 atom stereocenters. The average molecular weight is 205 g/mol. The molecule has 0 bridgehead atoms. The third-order valence-electron chi connectivity index (χ3n) is 1.62. The zero-order valence-corrected chi connectivity index (χ0v) is 8.58. The average Bonchev–Trinajstić information content (AvgIpc) is 1.96.